The highest BCUT2D eigenvalue weighted by atomic mass is 19.1. The van der Waals surface area contributed by atoms with Gasteiger partial charge in [0, 0.05) is 0 Å². The Kier molecular flexibility index (Phi) is 3.43. The maximum atomic E-state index is 13.7. The van der Waals surface area contributed by atoms with Crippen LogP contribution in [0, 0.1) is 36.4 Å². The summed E-state index contributed by atoms with van der Waals surface area (Å²) in [6.45, 7) is 1.81. The summed E-state index contributed by atoms with van der Waals surface area (Å²) < 4.78 is 13.7. The molecule has 21 heavy (non-hydrogen) atoms. The third-order valence-electron chi connectivity index (χ3n) is 4.88. The molecule has 0 saturated heterocycles. The van der Waals surface area contributed by atoms with Gasteiger partial charge in [0.25, 0.3) is 0 Å². The van der Waals surface area contributed by atoms with Gasteiger partial charge < -0.3 is 10.4 Å². The van der Waals surface area contributed by atoms with Crippen LogP contribution in [0.4, 0.5) is 10.1 Å². The number of rotatable bonds is 3. The molecule has 0 spiro atoms. The van der Waals surface area contributed by atoms with Crippen molar-refractivity contribution in [1.82, 2.24) is 0 Å². The lowest BCUT2D eigenvalue weighted by molar-refractivity contribution is -0.148. The Labute approximate surface area is 122 Å². The third kappa shape index (κ3) is 2.41. The molecule has 4 nitrogen and oxygen atoms in total. The molecular formula is C16H18FNO3. The molecule has 1 amide bonds. The summed E-state index contributed by atoms with van der Waals surface area (Å²) in [6, 6.07) is 4.50. The first-order chi connectivity index (χ1) is 9.97. The fourth-order valence-electron chi connectivity index (χ4n) is 3.97. The van der Waals surface area contributed by atoms with Gasteiger partial charge in [-0.15, -0.1) is 0 Å². The fourth-order valence-corrected chi connectivity index (χ4v) is 3.97. The first-order valence-corrected chi connectivity index (χ1v) is 7.27. The van der Waals surface area contributed by atoms with E-state index in [9.17, 15) is 19.1 Å². The number of halogens is 1. The van der Waals surface area contributed by atoms with Crippen molar-refractivity contribution in [1.29, 1.82) is 0 Å². The molecule has 0 aliphatic heterocycles. The second-order valence-electron chi connectivity index (χ2n) is 6.20. The lowest BCUT2D eigenvalue weighted by Gasteiger charge is -2.27. The minimum Gasteiger partial charge on any atom is -0.481 e. The van der Waals surface area contributed by atoms with Crippen molar-refractivity contribution in [3.8, 4) is 0 Å². The Morgan fingerprint density at radius 3 is 2.57 bits per heavy atom. The highest BCUT2D eigenvalue weighted by Crippen LogP contribution is 2.52. The van der Waals surface area contributed by atoms with Gasteiger partial charge in [-0.3, -0.25) is 9.59 Å². The van der Waals surface area contributed by atoms with E-state index in [2.05, 4.69) is 5.32 Å². The summed E-state index contributed by atoms with van der Waals surface area (Å²) in [6.07, 6.45) is 2.57. The number of hydrogen-bond acceptors (Lipinski definition) is 2. The van der Waals surface area contributed by atoms with E-state index in [-0.39, 0.29) is 23.4 Å². The molecule has 5 heteroatoms. The number of amides is 1. The molecule has 2 aliphatic rings. The average Bonchev–Trinajstić information content (AvgIpc) is 3.03. The monoisotopic (exact) mass is 291 g/mol. The maximum absolute atomic E-state index is 13.7. The summed E-state index contributed by atoms with van der Waals surface area (Å²) in [5, 5.41) is 12.0. The van der Waals surface area contributed by atoms with Gasteiger partial charge in [-0.1, -0.05) is 6.07 Å². The van der Waals surface area contributed by atoms with Gasteiger partial charge in [0.15, 0.2) is 0 Å². The number of carbonyl (C=O) groups is 2. The standard InChI is InChI=1S/C16H18FNO3/c1-8-2-5-11(17)12(6-8)18-15(19)13-9-3-4-10(7-9)14(13)16(20)21/h2,5-6,9-10,13-14H,3-4,7H2,1H3,(H,18,19)(H,20,21)/t9-,10-,13+,14+/m0/s1. The minimum absolute atomic E-state index is 0.0885. The number of fused-ring (bicyclic) bond motifs is 2. The van der Waals surface area contributed by atoms with Gasteiger partial charge in [0.2, 0.25) is 5.91 Å². The molecule has 0 unspecified atom stereocenters. The average molecular weight is 291 g/mol. The van der Waals surface area contributed by atoms with E-state index in [4.69, 9.17) is 0 Å². The Balaban J connectivity index is 1.81. The van der Waals surface area contributed by atoms with E-state index in [0.717, 1.165) is 24.8 Å². The van der Waals surface area contributed by atoms with Crippen molar-refractivity contribution >= 4 is 17.6 Å². The summed E-state index contributed by atoms with van der Waals surface area (Å²) in [7, 11) is 0. The zero-order chi connectivity index (χ0) is 15.1. The topological polar surface area (TPSA) is 66.4 Å². The smallest absolute Gasteiger partial charge is 0.307 e. The number of carboxylic acid groups (broad SMARTS) is 1. The van der Waals surface area contributed by atoms with E-state index in [1.165, 1.54) is 6.07 Å². The van der Waals surface area contributed by atoms with Crippen LogP contribution in [0.25, 0.3) is 0 Å². The minimum atomic E-state index is -0.910. The molecule has 3 rings (SSSR count). The molecule has 0 radical (unpaired) electrons. The molecule has 2 fully saturated rings. The zero-order valence-electron chi connectivity index (χ0n) is 11.8. The van der Waals surface area contributed by atoms with Crippen LogP contribution in [0.3, 0.4) is 0 Å². The Hall–Kier alpha value is -1.91. The quantitative estimate of drug-likeness (QED) is 0.900. The molecule has 112 valence electrons. The first-order valence-electron chi connectivity index (χ1n) is 7.27. The van der Waals surface area contributed by atoms with Gasteiger partial charge in [-0.25, -0.2) is 4.39 Å². The number of benzene rings is 1. The Morgan fingerprint density at radius 2 is 1.90 bits per heavy atom. The van der Waals surface area contributed by atoms with Gasteiger partial charge >= 0.3 is 5.97 Å². The second-order valence-corrected chi connectivity index (χ2v) is 6.20. The number of carbonyl (C=O) groups excluding carboxylic acids is 1. The molecule has 1 aromatic rings. The summed E-state index contributed by atoms with van der Waals surface area (Å²) in [5.74, 6) is -2.73. The van der Waals surface area contributed by atoms with Crippen molar-refractivity contribution < 1.29 is 19.1 Å². The summed E-state index contributed by atoms with van der Waals surface area (Å²) in [4.78, 5) is 23.9. The summed E-state index contributed by atoms with van der Waals surface area (Å²) in [5.41, 5.74) is 0.973. The predicted octanol–water partition coefficient (Wildman–Crippen LogP) is 2.82. The molecule has 0 heterocycles. The van der Waals surface area contributed by atoms with Gasteiger partial charge in [0.1, 0.15) is 5.82 Å². The largest absolute Gasteiger partial charge is 0.481 e. The van der Waals surface area contributed by atoms with Crippen molar-refractivity contribution in [3.63, 3.8) is 0 Å². The van der Waals surface area contributed by atoms with Crippen LogP contribution in [0.5, 0.6) is 0 Å². The van der Waals surface area contributed by atoms with Crippen LogP contribution < -0.4 is 5.32 Å². The van der Waals surface area contributed by atoms with Crippen LogP contribution in [0.1, 0.15) is 24.8 Å². The Morgan fingerprint density at radius 1 is 1.24 bits per heavy atom. The van der Waals surface area contributed by atoms with Crippen LogP contribution in [-0.2, 0) is 9.59 Å². The number of hydrogen-bond donors (Lipinski definition) is 2. The van der Waals surface area contributed by atoms with Crippen LogP contribution in [0.2, 0.25) is 0 Å². The van der Waals surface area contributed by atoms with E-state index >= 15 is 0 Å². The van der Waals surface area contributed by atoms with E-state index in [1.54, 1.807) is 12.1 Å². The molecule has 4 atom stereocenters. The number of anilines is 1. The lowest BCUT2D eigenvalue weighted by Crippen LogP contribution is -2.38. The Bertz CT molecular complexity index is 601. The van der Waals surface area contributed by atoms with E-state index < -0.39 is 23.6 Å². The third-order valence-corrected chi connectivity index (χ3v) is 4.88. The molecule has 2 N–H and O–H groups in total. The first kappa shape index (κ1) is 14.0. The number of nitrogens with one attached hydrogen (secondary N) is 1. The maximum Gasteiger partial charge on any atom is 0.307 e. The van der Waals surface area contributed by atoms with Crippen molar-refractivity contribution in [2.75, 3.05) is 5.32 Å². The predicted molar refractivity (Wildman–Crippen MR) is 75.2 cm³/mol. The lowest BCUT2D eigenvalue weighted by atomic mass is 9.78. The van der Waals surface area contributed by atoms with E-state index in [1.807, 2.05) is 6.92 Å². The SMILES string of the molecule is Cc1ccc(F)c(NC(=O)[C@@H]2[C@H]3CC[C@@H](C3)[C@H]2C(=O)O)c1. The normalized spacial score (nSPS) is 30.4. The van der Waals surface area contributed by atoms with Gasteiger partial charge in [-0.05, 0) is 55.7 Å². The van der Waals surface area contributed by atoms with Crippen molar-refractivity contribution in [3.05, 3.63) is 29.6 Å². The van der Waals surface area contributed by atoms with Crippen molar-refractivity contribution in [2.24, 2.45) is 23.7 Å². The van der Waals surface area contributed by atoms with Crippen LogP contribution >= 0.6 is 0 Å². The number of aryl methyl sites for hydroxylation is 1. The van der Waals surface area contributed by atoms with Crippen LogP contribution in [-0.4, -0.2) is 17.0 Å². The van der Waals surface area contributed by atoms with E-state index in [0.29, 0.717) is 0 Å². The van der Waals surface area contributed by atoms with Crippen LogP contribution in [0.15, 0.2) is 18.2 Å². The molecule has 0 aromatic heterocycles. The molecule has 2 bridgehead atoms. The zero-order valence-corrected chi connectivity index (χ0v) is 11.8. The highest BCUT2D eigenvalue weighted by molar-refractivity contribution is 5.96. The van der Waals surface area contributed by atoms with Crippen molar-refractivity contribution in [2.45, 2.75) is 26.2 Å². The van der Waals surface area contributed by atoms with Gasteiger partial charge in [0.05, 0.1) is 17.5 Å². The number of carboxylic acids is 1. The fraction of sp³-hybridized carbons (Fsp3) is 0.500. The molecule has 1 aromatic carbocycles. The molecule has 2 aliphatic carbocycles. The second kappa shape index (κ2) is 5.13. The van der Waals surface area contributed by atoms with Gasteiger partial charge in [-0.2, -0.15) is 0 Å². The highest BCUT2D eigenvalue weighted by Gasteiger charge is 2.54. The number of aliphatic carboxylic acids is 1. The molecule has 2 saturated carbocycles. The summed E-state index contributed by atoms with van der Waals surface area (Å²) >= 11 is 0. The molecular weight excluding hydrogens is 273 g/mol.